The number of aliphatic hydroxyl groups is 1. The van der Waals surface area contributed by atoms with Gasteiger partial charge in [-0.05, 0) is 58.5 Å². The summed E-state index contributed by atoms with van der Waals surface area (Å²) in [5.74, 6) is 1.50. The average Bonchev–Trinajstić information content (AvgIpc) is 3.87. The Morgan fingerprint density at radius 2 is 1.49 bits per heavy atom. The van der Waals surface area contributed by atoms with Gasteiger partial charge in [-0.2, -0.15) is 0 Å². The van der Waals surface area contributed by atoms with Gasteiger partial charge in [-0.15, -0.1) is 11.3 Å². The molecule has 0 radical (unpaired) electrons. The van der Waals surface area contributed by atoms with Crippen molar-refractivity contribution >= 4 is 22.4 Å². The average molecular weight is 619 g/mol. The number of hydrogen-bond acceptors (Lipinski definition) is 7. The van der Waals surface area contributed by atoms with E-state index >= 15 is 0 Å². The molecule has 0 bridgehead atoms. The first-order chi connectivity index (χ1) is 22.1. The van der Waals surface area contributed by atoms with E-state index in [2.05, 4.69) is 29.6 Å². The van der Waals surface area contributed by atoms with E-state index in [1.807, 2.05) is 95.8 Å². The first-order valence-electron chi connectivity index (χ1n) is 14.9. The van der Waals surface area contributed by atoms with Gasteiger partial charge in [-0.1, -0.05) is 72.8 Å². The number of fused-ring (bicyclic) bond motifs is 1. The van der Waals surface area contributed by atoms with Crippen molar-refractivity contribution in [1.29, 1.82) is 0 Å². The molecule has 0 unspecified atom stereocenters. The second-order valence-corrected chi connectivity index (χ2v) is 12.0. The standard InChI is InChI=1S/C37H34N2O5S/c1-41-28-17-13-26(14-18-28)37(25-8-4-3-5-9-25,27-15-19-29(42-2)20-16-27)43-23-33-32(40)22-35(44-33)39-24-38-36-30(10-6-11-31(36)39)34-12-7-21-45-34/h3-21,24,32-33,35,40H,22-23H2,1-2H3/t32-,33+,35+/m0/s1. The van der Waals surface area contributed by atoms with E-state index in [4.69, 9.17) is 23.9 Å². The summed E-state index contributed by atoms with van der Waals surface area (Å²) in [5, 5.41) is 13.4. The van der Waals surface area contributed by atoms with E-state index in [-0.39, 0.29) is 12.8 Å². The van der Waals surface area contributed by atoms with E-state index in [9.17, 15) is 5.11 Å². The van der Waals surface area contributed by atoms with E-state index < -0.39 is 17.8 Å². The summed E-state index contributed by atoms with van der Waals surface area (Å²) < 4.78 is 26.5. The van der Waals surface area contributed by atoms with Crippen LogP contribution in [0, 0.1) is 0 Å². The number of thiophene rings is 1. The quantitative estimate of drug-likeness (QED) is 0.161. The van der Waals surface area contributed by atoms with Crippen LogP contribution >= 0.6 is 11.3 Å². The number of aromatic nitrogens is 2. The fraction of sp³-hybridized carbons (Fsp3) is 0.216. The molecule has 1 aliphatic rings. The second-order valence-electron chi connectivity index (χ2n) is 11.0. The molecule has 2 aromatic heterocycles. The Kier molecular flexibility index (Phi) is 8.12. The lowest BCUT2D eigenvalue weighted by Gasteiger charge is -2.37. The van der Waals surface area contributed by atoms with Crippen LogP contribution in [0.3, 0.4) is 0 Å². The van der Waals surface area contributed by atoms with Gasteiger partial charge in [-0.25, -0.2) is 4.98 Å². The van der Waals surface area contributed by atoms with Gasteiger partial charge in [0.25, 0.3) is 0 Å². The SMILES string of the molecule is COc1ccc(C(OC[C@H]2O[C@@H](n3cnc4c(-c5cccs5)cccc43)C[C@@H]2O)(c2ccccc2)c2ccc(OC)cc2)cc1. The highest BCUT2D eigenvalue weighted by molar-refractivity contribution is 7.13. The second kappa shape index (κ2) is 12.5. The number of imidazole rings is 1. The molecule has 45 heavy (non-hydrogen) atoms. The summed E-state index contributed by atoms with van der Waals surface area (Å²) in [6, 6.07) is 36.3. The minimum absolute atomic E-state index is 0.150. The number of nitrogens with zero attached hydrogens (tertiary/aromatic N) is 2. The van der Waals surface area contributed by atoms with Crippen LogP contribution in [0.2, 0.25) is 0 Å². The number of methoxy groups -OCH3 is 2. The summed E-state index contributed by atoms with van der Waals surface area (Å²) in [5.41, 5.74) is 4.76. The fourth-order valence-corrected chi connectivity index (χ4v) is 6.99. The Labute approximate surface area is 266 Å². The summed E-state index contributed by atoms with van der Waals surface area (Å²) in [6.07, 6.45) is 0.559. The predicted octanol–water partition coefficient (Wildman–Crippen LogP) is 7.44. The molecule has 6 aromatic rings. The van der Waals surface area contributed by atoms with Crippen molar-refractivity contribution in [3.05, 3.63) is 138 Å². The predicted molar refractivity (Wildman–Crippen MR) is 176 cm³/mol. The van der Waals surface area contributed by atoms with Gasteiger partial charge in [0.15, 0.2) is 0 Å². The van der Waals surface area contributed by atoms with E-state index in [1.165, 1.54) is 4.88 Å². The summed E-state index contributed by atoms with van der Waals surface area (Å²) >= 11 is 1.69. The van der Waals surface area contributed by atoms with E-state index in [0.29, 0.717) is 6.42 Å². The van der Waals surface area contributed by atoms with Gasteiger partial charge < -0.3 is 28.6 Å². The van der Waals surface area contributed by atoms with Gasteiger partial charge >= 0.3 is 0 Å². The molecule has 3 heterocycles. The van der Waals surface area contributed by atoms with Crippen molar-refractivity contribution in [2.45, 2.75) is 30.5 Å². The largest absolute Gasteiger partial charge is 0.497 e. The molecule has 1 saturated heterocycles. The number of rotatable bonds is 10. The highest BCUT2D eigenvalue weighted by Gasteiger charge is 2.42. The molecule has 228 valence electrons. The number of ether oxygens (including phenoxy) is 4. The molecule has 7 rings (SSSR count). The Morgan fingerprint density at radius 1 is 0.822 bits per heavy atom. The molecule has 1 N–H and O–H groups in total. The molecule has 0 aliphatic carbocycles. The Bertz CT molecular complexity index is 1810. The van der Waals surface area contributed by atoms with Gasteiger partial charge in [0, 0.05) is 16.9 Å². The molecule has 1 fully saturated rings. The van der Waals surface area contributed by atoms with Crippen molar-refractivity contribution in [2.24, 2.45) is 0 Å². The number of benzene rings is 4. The highest BCUT2D eigenvalue weighted by Crippen LogP contribution is 2.43. The van der Waals surface area contributed by atoms with Crippen molar-refractivity contribution in [2.75, 3.05) is 20.8 Å². The third-order valence-electron chi connectivity index (χ3n) is 8.54. The maximum Gasteiger partial charge on any atom is 0.143 e. The fourth-order valence-electron chi connectivity index (χ4n) is 6.23. The Balaban J connectivity index is 1.23. The molecule has 1 aliphatic heterocycles. The van der Waals surface area contributed by atoms with Crippen LogP contribution in [0.15, 0.2) is 121 Å². The Morgan fingerprint density at radius 3 is 2.11 bits per heavy atom. The molecule has 0 amide bonds. The number of hydrogen-bond donors (Lipinski definition) is 1. The van der Waals surface area contributed by atoms with Gasteiger partial charge in [0.05, 0.1) is 44.3 Å². The summed E-state index contributed by atoms with van der Waals surface area (Å²) in [6.45, 7) is 0.150. The molecule has 7 nitrogen and oxygen atoms in total. The van der Waals surface area contributed by atoms with Gasteiger partial charge in [0.1, 0.15) is 29.4 Å². The van der Waals surface area contributed by atoms with Crippen LogP contribution in [-0.4, -0.2) is 47.7 Å². The first kappa shape index (κ1) is 29.3. The topological polar surface area (TPSA) is 75.0 Å². The molecular formula is C37H34N2O5S. The lowest BCUT2D eigenvalue weighted by atomic mass is 9.80. The van der Waals surface area contributed by atoms with Crippen molar-refractivity contribution in [3.8, 4) is 21.9 Å². The minimum atomic E-state index is -1.00. The molecule has 0 saturated carbocycles. The van der Waals surface area contributed by atoms with E-state index in [1.54, 1.807) is 25.6 Å². The molecule has 4 aromatic carbocycles. The van der Waals surface area contributed by atoms with Crippen LogP contribution in [0.5, 0.6) is 11.5 Å². The lowest BCUT2D eigenvalue weighted by Crippen LogP contribution is -2.38. The van der Waals surface area contributed by atoms with E-state index in [0.717, 1.165) is 44.8 Å². The molecule has 8 heteroatoms. The molecule has 3 atom stereocenters. The minimum Gasteiger partial charge on any atom is -0.497 e. The third kappa shape index (κ3) is 5.40. The number of aliphatic hydroxyl groups excluding tert-OH is 1. The van der Waals surface area contributed by atoms with Crippen LogP contribution in [0.1, 0.15) is 29.3 Å². The Hall–Kier alpha value is -4.47. The van der Waals surface area contributed by atoms with Crippen LogP contribution in [0.4, 0.5) is 0 Å². The highest BCUT2D eigenvalue weighted by atomic mass is 32.1. The zero-order valence-corrected chi connectivity index (χ0v) is 25.9. The maximum absolute atomic E-state index is 11.3. The molecule has 0 spiro atoms. The monoisotopic (exact) mass is 618 g/mol. The zero-order chi connectivity index (χ0) is 30.8. The maximum atomic E-state index is 11.3. The summed E-state index contributed by atoms with van der Waals surface area (Å²) in [4.78, 5) is 5.92. The number of para-hydroxylation sites is 1. The lowest BCUT2D eigenvalue weighted by molar-refractivity contribution is -0.0930. The van der Waals surface area contributed by atoms with Gasteiger partial charge in [-0.3, -0.25) is 0 Å². The van der Waals surface area contributed by atoms with Crippen molar-refractivity contribution in [3.63, 3.8) is 0 Å². The van der Waals surface area contributed by atoms with Crippen molar-refractivity contribution in [1.82, 2.24) is 9.55 Å². The van der Waals surface area contributed by atoms with Gasteiger partial charge in [0.2, 0.25) is 0 Å². The van der Waals surface area contributed by atoms with Crippen LogP contribution in [0.25, 0.3) is 21.5 Å². The van der Waals surface area contributed by atoms with Crippen molar-refractivity contribution < 1.29 is 24.1 Å². The van der Waals surface area contributed by atoms with Crippen LogP contribution in [-0.2, 0) is 15.1 Å². The normalized spacial score (nSPS) is 18.3. The molecular weight excluding hydrogens is 584 g/mol. The first-order valence-corrected chi connectivity index (χ1v) is 15.8. The van der Waals surface area contributed by atoms with Crippen LogP contribution < -0.4 is 9.47 Å². The zero-order valence-electron chi connectivity index (χ0n) is 25.1. The summed E-state index contributed by atoms with van der Waals surface area (Å²) in [7, 11) is 3.31. The third-order valence-corrected chi connectivity index (χ3v) is 9.45. The smallest absolute Gasteiger partial charge is 0.143 e.